The Morgan fingerprint density at radius 2 is 1.79 bits per heavy atom. The number of amidine groups is 1. The summed E-state index contributed by atoms with van der Waals surface area (Å²) in [7, 11) is 0. The van der Waals surface area contributed by atoms with Crippen molar-refractivity contribution >= 4 is 34.3 Å². The van der Waals surface area contributed by atoms with Crippen LogP contribution in [-0.4, -0.2) is 69.4 Å². The molecule has 3 heterocycles. The molecule has 1 saturated heterocycles. The molecule has 1 fully saturated rings. The molecule has 2 amide bonds. The zero-order chi connectivity index (χ0) is 23.5. The second-order valence-electron chi connectivity index (χ2n) is 7.30. The second kappa shape index (κ2) is 9.04. The van der Waals surface area contributed by atoms with Gasteiger partial charge in [0.25, 0.3) is 17.6 Å². The molecule has 6 N–H and O–H groups in total. The Morgan fingerprint density at radius 3 is 2.45 bits per heavy atom. The number of hydrogen-bond acceptors (Lipinski definition) is 7. The number of hydrogen-bond donors (Lipinski definition) is 4. The van der Waals surface area contributed by atoms with Gasteiger partial charge in [0.05, 0.1) is 11.1 Å². The Hall–Kier alpha value is -4.32. The van der Waals surface area contributed by atoms with Crippen molar-refractivity contribution in [3.8, 4) is 0 Å². The molecule has 0 unspecified atom stereocenters. The number of hydrazone groups is 1. The summed E-state index contributed by atoms with van der Waals surface area (Å²) in [5.74, 6) is 2.54. The molecule has 0 radical (unpaired) electrons. The zero-order valence-electron chi connectivity index (χ0n) is 17.4. The lowest BCUT2D eigenvalue weighted by atomic mass is 10.0. The van der Waals surface area contributed by atoms with Crippen LogP contribution in [0.4, 0.5) is 4.39 Å². The van der Waals surface area contributed by atoms with E-state index < -0.39 is 17.5 Å². The molecule has 0 atom stereocenters. The Balaban J connectivity index is 1.51. The molecular formula is C21H21FN8O3. The average Bonchev–Trinajstić information content (AvgIpc) is 3.30. The first-order valence-corrected chi connectivity index (χ1v) is 10.0. The Morgan fingerprint density at radius 1 is 1.06 bits per heavy atom. The molecule has 0 spiro atoms. The van der Waals surface area contributed by atoms with Crippen LogP contribution in [-0.2, 0) is 4.79 Å². The number of H-pyrrole nitrogens is 1. The van der Waals surface area contributed by atoms with Gasteiger partial charge in [-0.05, 0) is 24.3 Å². The highest BCUT2D eigenvalue weighted by atomic mass is 19.1. The fourth-order valence-corrected chi connectivity index (χ4v) is 3.75. The van der Waals surface area contributed by atoms with Crippen LogP contribution in [0, 0.1) is 5.82 Å². The number of fused-ring (bicyclic) bond motifs is 1. The first-order valence-electron chi connectivity index (χ1n) is 10.0. The van der Waals surface area contributed by atoms with Gasteiger partial charge in [0, 0.05) is 49.5 Å². The molecule has 1 aliphatic heterocycles. The van der Waals surface area contributed by atoms with Crippen LogP contribution < -0.4 is 17.1 Å². The summed E-state index contributed by atoms with van der Waals surface area (Å²) in [6, 6.07) is 7.57. The number of amides is 2. The summed E-state index contributed by atoms with van der Waals surface area (Å²) in [5, 5.41) is 3.60. The van der Waals surface area contributed by atoms with Crippen LogP contribution in [0.3, 0.4) is 0 Å². The highest BCUT2D eigenvalue weighted by Crippen LogP contribution is 2.26. The van der Waals surface area contributed by atoms with Gasteiger partial charge in [-0.2, -0.15) is 0 Å². The van der Waals surface area contributed by atoms with Crippen molar-refractivity contribution < 1.29 is 18.8 Å². The summed E-state index contributed by atoms with van der Waals surface area (Å²) in [6.07, 6.45) is 2.80. The first kappa shape index (κ1) is 21.9. The largest absolute Gasteiger partial charge is 0.382 e. The van der Waals surface area contributed by atoms with Gasteiger partial charge >= 0.3 is 0 Å². The number of aromatic amines is 1. The summed E-state index contributed by atoms with van der Waals surface area (Å²) >= 11 is 0. The number of Topliss-reactive ketones (excluding diaryl/α,β-unsaturated/α-hetero) is 1. The van der Waals surface area contributed by atoms with Gasteiger partial charge in [0.2, 0.25) is 0 Å². The minimum Gasteiger partial charge on any atom is -0.382 e. The SMILES string of the molecule is NN/N=C(\N)c1ccc(F)c2c(C(=O)C(=O)N3CCN(C(=O)c4ccccn4)CC3)c[nH]c12. The lowest BCUT2D eigenvalue weighted by Gasteiger charge is -2.34. The number of rotatable bonds is 5. The maximum Gasteiger partial charge on any atom is 0.295 e. The van der Waals surface area contributed by atoms with Crippen LogP contribution >= 0.6 is 0 Å². The lowest BCUT2D eigenvalue weighted by molar-refractivity contribution is -0.127. The van der Waals surface area contributed by atoms with Crippen LogP contribution in [0.5, 0.6) is 0 Å². The van der Waals surface area contributed by atoms with E-state index in [9.17, 15) is 18.8 Å². The predicted octanol–water partition coefficient (Wildman–Crippen LogP) is -0.0471. The van der Waals surface area contributed by atoms with Gasteiger partial charge in [-0.3, -0.25) is 19.4 Å². The summed E-state index contributed by atoms with van der Waals surface area (Å²) in [5.41, 5.74) is 8.61. The van der Waals surface area contributed by atoms with E-state index in [1.54, 1.807) is 23.1 Å². The third kappa shape index (κ3) is 4.11. The minimum atomic E-state index is -0.866. The molecule has 3 aromatic rings. The number of nitrogens with one attached hydrogen (secondary N) is 2. The van der Waals surface area contributed by atoms with E-state index in [4.69, 9.17) is 11.6 Å². The van der Waals surface area contributed by atoms with Crippen molar-refractivity contribution in [3.63, 3.8) is 0 Å². The van der Waals surface area contributed by atoms with Gasteiger partial charge in [0.15, 0.2) is 5.84 Å². The van der Waals surface area contributed by atoms with Crippen molar-refractivity contribution in [1.29, 1.82) is 0 Å². The summed E-state index contributed by atoms with van der Waals surface area (Å²) in [4.78, 5) is 48.1. The molecule has 0 bridgehead atoms. The van der Waals surface area contributed by atoms with Crippen molar-refractivity contribution in [2.75, 3.05) is 26.2 Å². The third-order valence-corrected chi connectivity index (χ3v) is 5.42. The molecule has 12 heteroatoms. The molecule has 11 nitrogen and oxygen atoms in total. The van der Waals surface area contributed by atoms with E-state index in [0.717, 1.165) is 6.07 Å². The number of nitrogens with two attached hydrogens (primary N) is 2. The molecule has 0 saturated carbocycles. The number of hydrazine groups is 1. The van der Waals surface area contributed by atoms with Gasteiger partial charge in [-0.1, -0.05) is 6.07 Å². The van der Waals surface area contributed by atoms with Crippen LogP contribution in [0.1, 0.15) is 26.4 Å². The van der Waals surface area contributed by atoms with Crippen molar-refractivity contribution in [1.82, 2.24) is 25.3 Å². The number of piperazine rings is 1. The maximum absolute atomic E-state index is 14.6. The molecule has 2 aromatic heterocycles. The normalized spacial score (nSPS) is 14.4. The number of nitrogens with zero attached hydrogens (tertiary/aromatic N) is 4. The monoisotopic (exact) mass is 452 g/mol. The number of ketones is 1. The smallest absolute Gasteiger partial charge is 0.295 e. The first-order chi connectivity index (χ1) is 15.9. The summed E-state index contributed by atoms with van der Waals surface area (Å²) in [6.45, 7) is 0.835. The molecule has 170 valence electrons. The highest BCUT2D eigenvalue weighted by Gasteiger charge is 2.31. The van der Waals surface area contributed by atoms with E-state index in [2.05, 4.69) is 20.6 Å². The van der Waals surface area contributed by atoms with E-state index >= 15 is 0 Å². The van der Waals surface area contributed by atoms with Crippen molar-refractivity contribution in [3.05, 3.63) is 65.4 Å². The van der Waals surface area contributed by atoms with E-state index in [1.807, 2.05) is 0 Å². The Labute approximate surface area is 187 Å². The van der Waals surface area contributed by atoms with Crippen LogP contribution in [0.25, 0.3) is 10.9 Å². The van der Waals surface area contributed by atoms with Gasteiger partial charge in [-0.15, -0.1) is 5.10 Å². The van der Waals surface area contributed by atoms with Gasteiger partial charge in [-0.25, -0.2) is 15.8 Å². The number of benzene rings is 1. The van der Waals surface area contributed by atoms with Crippen molar-refractivity contribution in [2.45, 2.75) is 0 Å². The molecule has 1 aromatic carbocycles. The van der Waals surface area contributed by atoms with Crippen molar-refractivity contribution in [2.24, 2.45) is 16.7 Å². The maximum atomic E-state index is 14.6. The minimum absolute atomic E-state index is 0.0247. The zero-order valence-corrected chi connectivity index (χ0v) is 17.4. The molecule has 1 aliphatic rings. The Bertz CT molecular complexity index is 1250. The number of halogens is 1. The Kier molecular flexibility index (Phi) is 6.00. The van der Waals surface area contributed by atoms with Crippen LogP contribution in [0.15, 0.2) is 47.8 Å². The third-order valence-electron chi connectivity index (χ3n) is 5.42. The van der Waals surface area contributed by atoms with Crippen LogP contribution in [0.2, 0.25) is 0 Å². The number of carbonyl (C=O) groups excluding carboxylic acids is 3. The molecule has 0 aliphatic carbocycles. The van der Waals surface area contributed by atoms with Gasteiger partial charge < -0.3 is 20.5 Å². The quantitative estimate of drug-likeness (QED) is 0.105. The lowest BCUT2D eigenvalue weighted by Crippen LogP contribution is -2.52. The summed E-state index contributed by atoms with van der Waals surface area (Å²) < 4.78 is 14.6. The molecule has 4 rings (SSSR count). The van der Waals surface area contributed by atoms with E-state index in [0.29, 0.717) is 11.3 Å². The standard InChI is InChI=1S/C21H21FN8O3/c22-14-5-4-12(19(23)27-28-24)17-16(14)13(11-26-17)18(31)21(33)30-9-7-29(8-10-30)20(32)15-3-1-2-6-25-15/h1-6,11,26,28H,7-10,24H2,(H2,23,27). The highest BCUT2D eigenvalue weighted by molar-refractivity contribution is 6.45. The number of pyridine rings is 1. The fourth-order valence-electron chi connectivity index (χ4n) is 3.75. The molecular weight excluding hydrogens is 431 g/mol. The predicted molar refractivity (Wildman–Crippen MR) is 117 cm³/mol. The van der Waals surface area contributed by atoms with E-state index in [-0.39, 0.29) is 54.4 Å². The second-order valence-corrected chi connectivity index (χ2v) is 7.30. The molecule has 33 heavy (non-hydrogen) atoms. The number of carbonyl (C=O) groups is 3. The fraction of sp³-hybridized carbons (Fsp3) is 0.190. The van der Waals surface area contributed by atoms with E-state index in [1.165, 1.54) is 23.4 Å². The topological polar surface area (TPSA) is 163 Å². The number of aromatic nitrogens is 2. The van der Waals surface area contributed by atoms with Gasteiger partial charge in [0.1, 0.15) is 11.5 Å². The average molecular weight is 452 g/mol.